The van der Waals surface area contributed by atoms with E-state index < -0.39 is 10.0 Å². The Hall–Kier alpha value is -2.97. The van der Waals surface area contributed by atoms with Crippen molar-refractivity contribution in [1.29, 1.82) is 0 Å². The Morgan fingerprint density at radius 2 is 1.68 bits per heavy atom. The van der Waals surface area contributed by atoms with E-state index in [4.69, 9.17) is 0 Å². The van der Waals surface area contributed by atoms with Crippen molar-refractivity contribution in [2.24, 2.45) is 0 Å². The fraction of sp³-hybridized carbons (Fsp3) is 0.304. The summed E-state index contributed by atoms with van der Waals surface area (Å²) in [5.41, 5.74) is 2.53. The van der Waals surface area contributed by atoms with Crippen LogP contribution in [0.25, 0.3) is 5.69 Å². The first kappa shape index (κ1) is 21.3. The lowest BCUT2D eigenvalue weighted by molar-refractivity contribution is -0.116. The molecule has 0 radical (unpaired) electrons. The molecule has 7 nitrogen and oxygen atoms in total. The number of nitrogens with one attached hydrogen (secondary N) is 1. The molecular weight excluding hydrogens is 412 g/mol. The van der Waals surface area contributed by atoms with Crippen molar-refractivity contribution in [3.05, 3.63) is 72.6 Å². The van der Waals surface area contributed by atoms with Crippen LogP contribution in [0.4, 0.5) is 5.69 Å². The molecule has 0 saturated carbocycles. The van der Waals surface area contributed by atoms with Crippen LogP contribution in [0.5, 0.6) is 0 Å². The van der Waals surface area contributed by atoms with E-state index in [0.29, 0.717) is 31.6 Å². The molecule has 3 aromatic rings. The van der Waals surface area contributed by atoms with Crippen LogP contribution >= 0.6 is 0 Å². The SMILES string of the molecule is O=C(CCc1cnn(-c2ccccc2)c1)Nc1ccc(S(=O)(=O)N2CCCCC2)cc1. The number of anilines is 1. The fourth-order valence-electron chi connectivity index (χ4n) is 3.66. The number of sulfonamides is 1. The molecule has 1 saturated heterocycles. The highest BCUT2D eigenvalue weighted by molar-refractivity contribution is 7.89. The van der Waals surface area contributed by atoms with Crippen LogP contribution in [0, 0.1) is 0 Å². The summed E-state index contributed by atoms with van der Waals surface area (Å²) in [6, 6.07) is 16.2. The van der Waals surface area contributed by atoms with E-state index in [-0.39, 0.29) is 10.8 Å². The molecule has 0 atom stereocenters. The van der Waals surface area contributed by atoms with Gasteiger partial charge in [0.1, 0.15) is 0 Å². The number of aromatic nitrogens is 2. The summed E-state index contributed by atoms with van der Waals surface area (Å²) in [7, 11) is -3.46. The highest BCUT2D eigenvalue weighted by Crippen LogP contribution is 2.22. The number of aryl methyl sites for hydroxylation is 1. The van der Waals surface area contributed by atoms with Crippen LogP contribution in [-0.4, -0.2) is 41.5 Å². The van der Waals surface area contributed by atoms with Crippen molar-refractivity contribution in [2.75, 3.05) is 18.4 Å². The van der Waals surface area contributed by atoms with Crippen LogP contribution in [-0.2, 0) is 21.2 Å². The van der Waals surface area contributed by atoms with Gasteiger partial charge in [0.15, 0.2) is 0 Å². The van der Waals surface area contributed by atoms with Crippen LogP contribution in [0.2, 0.25) is 0 Å². The van der Waals surface area contributed by atoms with Gasteiger partial charge in [-0.3, -0.25) is 4.79 Å². The van der Waals surface area contributed by atoms with Crippen LogP contribution in [0.3, 0.4) is 0 Å². The predicted molar refractivity (Wildman–Crippen MR) is 120 cm³/mol. The topological polar surface area (TPSA) is 84.3 Å². The van der Waals surface area contributed by atoms with Crippen molar-refractivity contribution < 1.29 is 13.2 Å². The van der Waals surface area contributed by atoms with Gasteiger partial charge < -0.3 is 5.32 Å². The maximum absolute atomic E-state index is 12.7. The zero-order valence-corrected chi connectivity index (χ0v) is 18.1. The van der Waals surface area contributed by atoms with Crippen molar-refractivity contribution in [1.82, 2.24) is 14.1 Å². The van der Waals surface area contributed by atoms with E-state index >= 15 is 0 Å². The number of amides is 1. The van der Waals surface area contributed by atoms with Crippen LogP contribution < -0.4 is 5.32 Å². The van der Waals surface area contributed by atoms with Crippen LogP contribution in [0.1, 0.15) is 31.2 Å². The number of carbonyl (C=O) groups is 1. The Morgan fingerprint density at radius 3 is 2.39 bits per heavy atom. The van der Waals surface area contributed by atoms with E-state index in [1.54, 1.807) is 39.4 Å². The lowest BCUT2D eigenvalue weighted by Crippen LogP contribution is -2.35. The molecular formula is C23H26N4O3S. The van der Waals surface area contributed by atoms with Gasteiger partial charge in [-0.25, -0.2) is 13.1 Å². The minimum atomic E-state index is -3.46. The summed E-state index contributed by atoms with van der Waals surface area (Å²) in [6.07, 6.45) is 7.44. The molecule has 1 aliphatic heterocycles. The molecule has 0 bridgehead atoms. The monoisotopic (exact) mass is 438 g/mol. The van der Waals surface area contributed by atoms with Crippen molar-refractivity contribution in [3.8, 4) is 5.69 Å². The molecule has 1 aromatic heterocycles. The lowest BCUT2D eigenvalue weighted by Gasteiger charge is -2.25. The standard InChI is InChI=1S/C23H26N4O3S/c28-23(14-9-19-17-24-27(18-19)21-7-3-1-4-8-21)25-20-10-12-22(13-11-20)31(29,30)26-15-5-2-6-16-26/h1,3-4,7-8,10-13,17-18H,2,5-6,9,14-16H2,(H,25,28). The molecule has 2 aromatic carbocycles. The molecule has 162 valence electrons. The average molecular weight is 439 g/mol. The first-order valence-corrected chi connectivity index (χ1v) is 12.0. The van der Waals surface area contributed by atoms with Crippen molar-refractivity contribution >= 4 is 21.6 Å². The fourth-order valence-corrected chi connectivity index (χ4v) is 5.17. The molecule has 0 spiro atoms. The number of hydrogen-bond acceptors (Lipinski definition) is 4. The second-order valence-electron chi connectivity index (χ2n) is 7.67. The van der Waals surface area contributed by atoms with E-state index in [1.165, 1.54) is 0 Å². The third-order valence-corrected chi connectivity index (χ3v) is 7.30. The number of carbonyl (C=O) groups excluding carboxylic acids is 1. The number of benzene rings is 2. The van der Waals surface area contributed by atoms with Crippen molar-refractivity contribution in [2.45, 2.75) is 37.0 Å². The Bertz CT molecular complexity index is 1120. The molecule has 1 amide bonds. The molecule has 0 unspecified atom stereocenters. The normalized spacial score (nSPS) is 15.0. The van der Waals surface area contributed by atoms with Crippen LogP contribution in [0.15, 0.2) is 71.9 Å². The highest BCUT2D eigenvalue weighted by Gasteiger charge is 2.25. The summed E-state index contributed by atoms with van der Waals surface area (Å²) >= 11 is 0. The van der Waals surface area contributed by atoms with Gasteiger partial charge in [0.05, 0.1) is 16.8 Å². The van der Waals surface area contributed by atoms with Gasteiger partial charge in [-0.1, -0.05) is 24.6 Å². The number of para-hydroxylation sites is 1. The van der Waals surface area contributed by atoms with E-state index in [1.807, 2.05) is 36.5 Å². The molecule has 1 fully saturated rings. The first-order chi connectivity index (χ1) is 15.0. The van der Waals surface area contributed by atoms with E-state index in [2.05, 4.69) is 10.4 Å². The number of rotatable bonds is 7. The maximum atomic E-state index is 12.7. The van der Waals surface area contributed by atoms with E-state index in [0.717, 1.165) is 30.5 Å². The Labute approximate surface area is 182 Å². The third-order valence-electron chi connectivity index (χ3n) is 5.39. The second-order valence-corrected chi connectivity index (χ2v) is 9.60. The molecule has 2 heterocycles. The Morgan fingerprint density at radius 1 is 0.968 bits per heavy atom. The summed E-state index contributed by atoms with van der Waals surface area (Å²) in [6.45, 7) is 1.14. The number of nitrogens with zero attached hydrogens (tertiary/aromatic N) is 3. The molecule has 1 aliphatic rings. The van der Waals surface area contributed by atoms with Crippen molar-refractivity contribution in [3.63, 3.8) is 0 Å². The first-order valence-electron chi connectivity index (χ1n) is 10.5. The van der Waals surface area contributed by atoms with Gasteiger partial charge in [0.25, 0.3) is 0 Å². The summed E-state index contributed by atoms with van der Waals surface area (Å²) in [5, 5.41) is 7.18. The zero-order valence-electron chi connectivity index (χ0n) is 17.3. The van der Waals surface area contributed by atoms with Gasteiger partial charge in [-0.15, -0.1) is 0 Å². The Kier molecular flexibility index (Phi) is 6.48. The predicted octanol–water partition coefficient (Wildman–Crippen LogP) is 3.62. The minimum Gasteiger partial charge on any atom is -0.326 e. The lowest BCUT2D eigenvalue weighted by atomic mass is 10.2. The van der Waals surface area contributed by atoms with E-state index in [9.17, 15) is 13.2 Å². The van der Waals surface area contributed by atoms with Gasteiger partial charge in [-0.05, 0) is 61.2 Å². The molecule has 1 N–H and O–H groups in total. The summed E-state index contributed by atoms with van der Waals surface area (Å²) in [4.78, 5) is 12.6. The highest BCUT2D eigenvalue weighted by atomic mass is 32.2. The number of piperidine rings is 1. The molecule has 8 heteroatoms. The second kappa shape index (κ2) is 9.45. The third kappa shape index (κ3) is 5.21. The molecule has 0 aliphatic carbocycles. The average Bonchev–Trinajstić information content (AvgIpc) is 3.28. The largest absolute Gasteiger partial charge is 0.326 e. The quantitative estimate of drug-likeness (QED) is 0.611. The molecule has 31 heavy (non-hydrogen) atoms. The number of hydrogen-bond donors (Lipinski definition) is 1. The summed E-state index contributed by atoms with van der Waals surface area (Å²) < 4.78 is 28.8. The van der Waals surface area contributed by atoms with Gasteiger partial charge in [0, 0.05) is 31.4 Å². The van der Waals surface area contributed by atoms with Gasteiger partial charge in [0.2, 0.25) is 15.9 Å². The summed E-state index contributed by atoms with van der Waals surface area (Å²) in [5.74, 6) is -0.126. The maximum Gasteiger partial charge on any atom is 0.243 e. The molecule has 4 rings (SSSR count). The Balaban J connectivity index is 1.31. The van der Waals surface area contributed by atoms with Gasteiger partial charge in [-0.2, -0.15) is 9.40 Å². The zero-order chi connectivity index (χ0) is 21.7. The smallest absolute Gasteiger partial charge is 0.243 e. The minimum absolute atomic E-state index is 0.126. The van der Waals surface area contributed by atoms with Gasteiger partial charge >= 0.3 is 0 Å².